The van der Waals surface area contributed by atoms with Gasteiger partial charge in [0.25, 0.3) is 0 Å². The van der Waals surface area contributed by atoms with Gasteiger partial charge in [-0.25, -0.2) is 0 Å². The molecule has 0 aliphatic heterocycles. The highest BCUT2D eigenvalue weighted by Gasteiger charge is 2.30. The Morgan fingerprint density at radius 1 is 1.29 bits per heavy atom. The molecule has 5 heteroatoms. The van der Waals surface area contributed by atoms with Gasteiger partial charge >= 0.3 is 0 Å². The van der Waals surface area contributed by atoms with Crippen LogP contribution in [0.25, 0.3) is 0 Å². The lowest BCUT2D eigenvalue weighted by atomic mass is 9.85. The zero-order chi connectivity index (χ0) is 15.2. The molecule has 3 atom stereocenters. The fraction of sp³-hybridized carbons (Fsp3) is 0.875. The number of rotatable bonds is 7. The van der Waals surface area contributed by atoms with Gasteiger partial charge in [0.1, 0.15) is 6.10 Å². The highest BCUT2D eigenvalue weighted by molar-refractivity contribution is 4.98. The van der Waals surface area contributed by atoms with E-state index in [1.54, 1.807) is 0 Å². The first-order valence-corrected chi connectivity index (χ1v) is 8.38. The van der Waals surface area contributed by atoms with E-state index in [2.05, 4.69) is 24.0 Å². The van der Waals surface area contributed by atoms with Crippen molar-refractivity contribution in [3.63, 3.8) is 0 Å². The minimum Gasteiger partial charge on any atom is -0.370 e. The minimum absolute atomic E-state index is 0.0445. The summed E-state index contributed by atoms with van der Waals surface area (Å²) in [5.74, 6) is 2.06. The van der Waals surface area contributed by atoms with E-state index >= 15 is 0 Å². The van der Waals surface area contributed by atoms with E-state index in [1.807, 2.05) is 6.92 Å². The normalized spacial score (nSPS) is 21.1. The maximum atomic E-state index is 6.18. The molecular weight excluding hydrogens is 266 g/mol. The van der Waals surface area contributed by atoms with E-state index in [0.29, 0.717) is 30.2 Å². The van der Waals surface area contributed by atoms with Crippen LogP contribution in [-0.2, 0) is 4.74 Å². The van der Waals surface area contributed by atoms with Gasteiger partial charge in [-0.1, -0.05) is 44.7 Å². The largest absolute Gasteiger partial charge is 0.370 e. The van der Waals surface area contributed by atoms with E-state index in [1.165, 1.54) is 32.1 Å². The Balaban J connectivity index is 2.11. The predicted octanol–water partition coefficient (Wildman–Crippen LogP) is 3.77. The number of ether oxygens (including phenoxy) is 1. The number of aromatic nitrogens is 2. The van der Waals surface area contributed by atoms with Crippen LogP contribution in [-0.4, -0.2) is 16.7 Å². The number of hydrogen-bond donors (Lipinski definition) is 1. The molecular formula is C16H29N3O2. The molecule has 1 aliphatic carbocycles. The molecule has 2 rings (SSSR count). The lowest BCUT2D eigenvalue weighted by Crippen LogP contribution is -2.21. The maximum absolute atomic E-state index is 6.18. The molecule has 0 spiro atoms. The van der Waals surface area contributed by atoms with Crippen molar-refractivity contribution in [2.75, 3.05) is 6.61 Å². The van der Waals surface area contributed by atoms with Crippen LogP contribution in [0, 0.1) is 11.8 Å². The van der Waals surface area contributed by atoms with E-state index in [9.17, 15) is 0 Å². The first-order valence-electron chi connectivity index (χ1n) is 8.38. The van der Waals surface area contributed by atoms with Crippen molar-refractivity contribution in [2.45, 2.75) is 71.4 Å². The smallest absolute Gasteiger partial charge is 0.243 e. The Bertz CT molecular complexity index is 415. The summed E-state index contributed by atoms with van der Waals surface area (Å²) in [6.45, 7) is 6.91. The van der Waals surface area contributed by atoms with Gasteiger partial charge < -0.3 is 15.0 Å². The second-order valence-electron chi connectivity index (χ2n) is 6.18. The average Bonchev–Trinajstić information content (AvgIpc) is 3.01. The first-order chi connectivity index (χ1) is 10.2. The monoisotopic (exact) mass is 295 g/mol. The van der Waals surface area contributed by atoms with Gasteiger partial charge in [0.05, 0.1) is 6.04 Å². The van der Waals surface area contributed by atoms with Gasteiger partial charge in [-0.15, -0.1) is 0 Å². The third kappa shape index (κ3) is 4.04. The molecule has 1 saturated carbocycles. The summed E-state index contributed by atoms with van der Waals surface area (Å²) < 4.78 is 11.3. The van der Waals surface area contributed by atoms with Gasteiger partial charge in [0.15, 0.2) is 0 Å². The van der Waals surface area contributed by atoms with Gasteiger partial charge in [0, 0.05) is 6.61 Å². The van der Waals surface area contributed by atoms with E-state index in [0.717, 1.165) is 6.42 Å². The minimum atomic E-state index is -0.190. The second-order valence-corrected chi connectivity index (χ2v) is 6.18. The van der Waals surface area contributed by atoms with Gasteiger partial charge in [0.2, 0.25) is 11.7 Å². The van der Waals surface area contributed by atoms with E-state index in [-0.39, 0.29) is 12.1 Å². The molecule has 1 unspecified atom stereocenters. The van der Waals surface area contributed by atoms with Crippen molar-refractivity contribution in [2.24, 2.45) is 17.6 Å². The second kappa shape index (κ2) is 7.90. The Morgan fingerprint density at radius 2 is 2.00 bits per heavy atom. The molecule has 1 aliphatic rings. The Kier molecular flexibility index (Phi) is 6.18. The molecule has 120 valence electrons. The highest BCUT2D eigenvalue weighted by Crippen LogP contribution is 2.36. The Morgan fingerprint density at radius 3 is 2.62 bits per heavy atom. The van der Waals surface area contributed by atoms with Crippen molar-refractivity contribution in [1.82, 2.24) is 10.1 Å². The van der Waals surface area contributed by atoms with E-state index < -0.39 is 0 Å². The summed E-state index contributed by atoms with van der Waals surface area (Å²) in [6, 6.07) is -0.190. The zero-order valence-corrected chi connectivity index (χ0v) is 13.5. The summed E-state index contributed by atoms with van der Waals surface area (Å²) in [5.41, 5.74) is 6.18. The van der Waals surface area contributed by atoms with Crippen molar-refractivity contribution < 1.29 is 9.26 Å². The zero-order valence-electron chi connectivity index (χ0n) is 13.5. The van der Waals surface area contributed by atoms with Crippen LogP contribution in [0.3, 0.4) is 0 Å². The summed E-state index contributed by atoms with van der Waals surface area (Å²) in [7, 11) is 0. The summed E-state index contributed by atoms with van der Waals surface area (Å²) in [6.07, 6.45) is 7.19. The van der Waals surface area contributed by atoms with Crippen LogP contribution in [0.4, 0.5) is 0 Å². The summed E-state index contributed by atoms with van der Waals surface area (Å²) >= 11 is 0. The average molecular weight is 295 g/mol. The van der Waals surface area contributed by atoms with Crippen LogP contribution < -0.4 is 5.73 Å². The molecule has 1 heterocycles. The van der Waals surface area contributed by atoms with Crippen LogP contribution in [0.15, 0.2) is 4.52 Å². The quantitative estimate of drug-likeness (QED) is 0.828. The molecule has 21 heavy (non-hydrogen) atoms. The van der Waals surface area contributed by atoms with Crippen molar-refractivity contribution in [1.29, 1.82) is 0 Å². The van der Waals surface area contributed by atoms with E-state index in [4.69, 9.17) is 15.0 Å². The lowest BCUT2D eigenvalue weighted by molar-refractivity contribution is -0.00145. The molecule has 1 aromatic rings. The van der Waals surface area contributed by atoms with Crippen molar-refractivity contribution >= 4 is 0 Å². The van der Waals surface area contributed by atoms with Gasteiger partial charge in [-0.2, -0.15) is 4.98 Å². The number of nitrogens with zero attached hydrogens (tertiary/aromatic N) is 2. The number of nitrogens with two attached hydrogens (primary N) is 1. The topological polar surface area (TPSA) is 74.2 Å². The van der Waals surface area contributed by atoms with Crippen LogP contribution in [0.1, 0.15) is 83.2 Å². The van der Waals surface area contributed by atoms with Crippen LogP contribution in [0.2, 0.25) is 0 Å². The maximum Gasteiger partial charge on any atom is 0.243 e. The molecule has 0 bridgehead atoms. The highest BCUT2D eigenvalue weighted by atomic mass is 16.5. The van der Waals surface area contributed by atoms with Crippen LogP contribution in [0.5, 0.6) is 0 Å². The SMILES string of the molecule is CCOC(c1noc([C@@H](N)[C@@H](C)CC)n1)C1CCCCC1. The fourth-order valence-electron chi connectivity index (χ4n) is 3.03. The molecule has 5 nitrogen and oxygen atoms in total. The molecule has 2 N–H and O–H groups in total. The summed E-state index contributed by atoms with van der Waals surface area (Å²) in [4.78, 5) is 4.55. The molecule has 0 amide bonds. The Labute approximate surface area is 127 Å². The standard InChI is InChI=1S/C16H29N3O2/c1-4-11(3)13(17)16-18-15(19-21-16)14(20-5-2)12-9-7-6-8-10-12/h11-14H,4-10,17H2,1-3H3/t11-,13-,14?/m0/s1. The molecule has 0 aromatic carbocycles. The van der Waals surface area contributed by atoms with Gasteiger partial charge in [-0.3, -0.25) is 0 Å². The number of hydrogen-bond acceptors (Lipinski definition) is 5. The molecule has 1 aromatic heterocycles. The summed E-state index contributed by atoms with van der Waals surface area (Å²) in [5, 5.41) is 4.16. The third-order valence-electron chi connectivity index (χ3n) is 4.68. The van der Waals surface area contributed by atoms with Gasteiger partial charge in [-0.05, 0) is 31.6 Å². The lowest BCUT2D eigenvalue weighted by Gasteiger charge is -2.27. The fourth-order valence-corrected chi connectivity index (χ4v) is 3.03. The van der Waals surface area contributed by atoms with Crippen molar-refractivity contribution in [3.05, 3.63) is 11.7 Å². The third-order valence-corrected chi connectivity index (χ3v) is 4.68. The Hall–Kier alpha value is -0.940. The molecule has 0 radical (unpaired) electrons. The predicted molar refractivity (Wildman–Crippen MR) is 81.6 cm³/mol. The molecule has 1 fully saturated rings. The molecule has 0 saturated heterocycles. The van der Waals surface area contributed by atoms with Crippen LogP contribution >= 0.6 is 0 Å². The van der Waals surface area contributed by atoms with Crippen molar-refractivity contribution in [3.8, 4) is 0 Å². The first kappa shape index (κ1) is 16.4.